The molecule has 2 rings (SSSR count). The zero-order chi connectivity index (χ0) is 13.0. The molecule has 3 heteroatoms. The zero-order valence-electron chi connectivity index (χ0n) is 10.2. The van der Waals surface area contributed by atoms with Crippen LogP contribution in [0.5, 0.6) is 0 Å². The van der Waals surface area contributed by atoms with Crippen LogP contribution in [0.4, 0.5) is 10.1 Å². The minimum absolute atomic E-state index is 0.0826. The quantitative estimate of drug-likeness (QED) is 0.815. The van der Waals surface area contributed by atoms with Crippen LogP contribution in [0.2, 0.25) is 5.02 Å². The highest BCUT2D eigenvalue weighted by atomic mass is 35.5. The van der Waals surface area contributed by atoms with Crippen LogP contribution in [0, 0.1) is 5.82 Å². The average Bonchev–Trinajstić information content (AvgIpc) is 2.39. The van der Waals surface area contributed by atoms with Crippen molar-refractivity contribution in [2.75, 3.05) is 5.32 Å². The molecule has 0 aliphatic carbocycles. The Morgan fingerprint density at radius 3 is 2.39 bits per heavy atom. The van der Waals surface area contributed by atoms with Gasteiger partial charge in [-0.1, -0.05) is 42.8 Å². The number of nitrogens with one attached hydrogen (secondary N) is 1. The smallest absolute Gasteiger partial charge is 0.146 e. The van der Waals surface area contributed by atoms with E-state index in [2.05, 4.69) is 12.2 Å². The van der Waals surface area contributed by atoms with Crippen LogP contribution in [0.1, 0.15) is 24.9 Å². The van der Waals surface area contributed by atoms with E-state index in [0.29, 0.717) is 10.7 Å². The van der Waals surface area contributed by atoms with Gasteiger partial charge in [-0.15, -0.1) is 0 Å². The third kappa shape index (κ3) is 3.02. The van der Waals surface area contributed by atoms with E-state index >= 15 is 0 Å². The summed E-state index contributed by atoms with van der Waals surface area (Å²) in [4.78, 5) is 0. The lowest BCUT2D eigenvalue weighted by molar-refractivity contribution is 0.624. The third-order valence-corrected chi connectivity index (χ3v) is 3.14. The highest BCUT2D eigenvalue weighted by Gasteiger charge is 2.10. The van der Waals surface area contributed by atoms with E-state index in [4.69, 9.17) is 11.6 Å². The maximum Gasteiger partial charge on any atom is 0.146 e. The lowest BCUT2D eigenvalue weighted by Gasteiger charge is -2.19. The van der Waals surface area contributed by atoms with Gasteiger partial charge in [-0.25, -0.2) is 4.39 Å². The fraction of sp³-hybridized carbons (Fsp3) is 0.200. The summed E-state index contributed by atoms with van der Waals surface area (Å²) >= 11 is 5.86. The summed E-state index contributed by atoms with van der Waals surface area (Å²) in [6.07, 6.45) is 0.871. The molecule has 1 unspecified atom stereocenters. The lowest BCUT2D eigenvalue weighted by atomic mass is 10.0. The maximum atomic E-state index is 13.6. The van der Waals surface area contributed by atoms with Gasteiger partial charge in [0.25, 0.3) is 0 Å². The molecule has 18 heavy (non-hydrogen) atoms. The number of para-hydroxylation sites is 1. The largest absolute Gasteiger partial charge is 0.376 e. The Bertz CT molecular complexity index is 510. The van der Waals surface area contributed by atoms with Crippen molar-refractivity contribution in [3.63, 3.8) is 0 Å². The van der Waals surface area contributed by atoms with E-state index in [-0.39, 0.29) is 11.9 Å². The van der Waals surface area contributed by atoms with E-state index in [1.807, 2.05) is 30.3 Å². The summed E-state index contributed by atoms with van der Waals surface area (Å²) in [5.74, 6) is -0.232. The first-order valence-corrected chi connectivity index (χ1v) is 6.35. The molecule has 0 saturated carbocycles. The summed E-state index contributed by atoms with van der Waals surface area (Å²) in [5.41, 5.74) is 1.63. The minimum Gasteiger partial charge on any atom is -0.376 e. The number of anilines is 1. The van der Waals surface area contributed by atoms with Crippen LogP contribution in [-0.4, -0.2) is 0 Å². The van der Waals surface area contributed by atoms with Gasteiger partial charge in [-0.3, -0.25) is 0 Å². The van der Waals surface area contributed by atoms with Crippen molar-refractivity contribution in [1.29, 1.82) is 0 Å². The van der Waals surface area contributed by atoms with Crippen LogP contribution in [0.3, 0.4) is 0 Å². The molecule has 0 bridgehead atoms. The topological polar surface area (TPSA) is 12.0 Å². The molecule has 0 amide bonds. The molecule has 0 heterocycles. The highest BCUT2D eigenvalue weighted by Crippen LogP contribution is 2.25. The predicted molar refractivity (Wildman–Crippen MR) is 74.5 cm³/mol. The summed E-state index contributed by atoms with van der Waals surface area (Å²) in [5, 5.41) is 3.92. The molecular weight excluding hydrogens is 249 g/mol. The minimum atomic E-state index is -0.232. The van der Waals surface area contributed by atoms with Crippen LogP contribution in [0.15, 0.2) is 48.5 Å². The Morgan fingerprint density at radius 1 is 1.11 bits per heavy atom. The Kier molecular flexibility index (Phi) is 4.21. The van der Waals surface area contributed by atoms with Crippen molar-refractivity contribution < 1.29 is 4.39 Å². The van der Waals surface area contributed by atoms with E-state index in [0.717, 1.165) is 12.0 Å². The SMILES string of the molecule is CCC(Nc1ccccc1F)c1ccc(Cl)cc1. The monoisotopic (exact) mass is 263 g/mol. The van der Waals surface area contributed by atoms with E-state index in [1.54, 1.807) is 12.1 Å². The normalized spacial score (nSPS) is 12.2. The van der Waals surface area contributed by atoms with Gasteiger partial charge in [0.2, 0.25) is 0 Å². The number of benzene rings is 2. The van der Waals surface area contributed by atoms with Crippen molar-refractivity contribution in [1.82, 2.24) is 0 Å². The second-order valence-electron chi connectivity index (χ2n) is 4.14. The van der Waals surface area contributed by atoms with Gasteiger partial charge >= 0.3 is 0 Å². The lowest BCUT2D eigenvalue weighted by Crippen LogP contribution is -2.10. The van der Waals surface area contributed by atoms with E-state index < -0.39 is 0 Å². The van der Waals surface area contributed by atoms with Crippen molar-refractivity contribution in [2.45, 2.75) is 19.4 Å². The zero-order valence-corrected chi connectivity index (χ0v) is 10.9. The van der Waals surface area contributed by atoms with Gasteiger partial charge in [0.15, 0.2) is 0 Å². The Hall–Kier alpha value is -1.54. The highest BCUT2D eigenvalue weighted by molar-refractivity contribution is 6.30. The molecule has 0 saturated heterocycles. The molecule has 0 aliphatic rings. The molecule has 1 atom stereocenters. The Balaban J connectivity index is 2.20. The summed E-state index contributed by atoms with van der Waals surface area (Å²) in [7, 11) is 0. The molecule has 0 spiro atoms. The number of hydrogen-bond acceptors (Lipinski definition) is 1. The molecular formula is C15H15ClFN. The van der Waals surface area contributed by atoms with Gasteiger partial charge < -0.3 is 5.32 Å². The van der Waals surface area contributed by atoms with Gasteiger partial charge in [-0.2, -0.15) is 0 Å². The Morgan fingerprint density at radius 2 is 1.78 bits per heavy atom. The standard InChI is InChI=1S/C15H15ClFN/c1-2-14(11-7-9-12(16)10-8-11)18-15-6-4-3-5-13(15)17/h3-10,14,18H,2H2,1H3. The van der Waals surface area contributed by atoms with Crippen molar-refractivity contribution >= 4 is 17.3 Å². The van der Waals surface area contributed by atoms with Gasteiger partial charge in [-0.05, 0) is 36.2 Å². The van der Waals surface area contributed by atoms with Crippen LogP contribution in [0.25, 0.3) is 0 Å². The summed E-state index contributed by atoms with van der Waals surface area (Å²) in [6.45, 7) is 2.06. The fourth-order valence-electron chi connectivity index (χ4n) is 1.88. The van der Waals surface area contributed by atoms with Crippen molar-refractivity contribution in [3.05, 3.63) is 64.9 Å². The van der Waals surface area contributed by atoms with Crippen LogP contribution >= 0.6 is 11.6 Å². The summed E-state index contributed by atoms with van der Waals surface area (Å²) < 4.78 is 13.6. The first kappa shape index (κ1) is 12.9. The van der Waals surface area contributed by atoms with Gasteiger partial charge in [0.1, 0.15) is 5.82 Å². The molecule has 0 aromatic heterocycles. The molecule has 0 fully saturated rings. The Labute approximate surface area is 112 Å². The molecule has 2 aromatic rings. The van der Waals surface area contributed by atoms with E-state index in [1.165, 1.54) is 6.07 Å². The number of hydrogen-bond donors (Lipinski definition) is 1. The van der Waals surface area contributed by atoms with Crippen LogP contribution in [-0.2, 0) is 0 Å². The van der Waals surface area contributed by atoms with Crippen LogP contribution < -0.4 is 5.32 Å². The second-order valence-corrected chi connectivity index (χ2v) is 4.57. The third-order valence-electron chi connectivity index (χ3n) is 2.88. The first-order valence-electron chi connectivity index (χ1n) is 5.97. The molecule has 0 radical (unpaired) electrons. The summed E-state index contributed by atoms with van der Waals surface area (Å²) in [6, 6.07) is 14.4. The second kappa shape index (κ2) is 5.87. The van der Waals surface area contributed by atoms with E-state index in [9.17, 15) is 4.39 Å². The molecule has 1 nitrogen and oxygen atoms in total. The first-order chi connectivity index (χ1) is 8.70. The fourth-order valence-corrected chi connectivity index (χ4v) is 2.01. The molecule has 94 valence electrons. The predicted octanol–water partition coefficient (Wildman–Crippen LogP) is 5.04. The van der Waals surface area contributed by atoms with Gasteiger partial charge in [0.05, 0.1) is 11.7 Å². The average molecular weight is 264 g/mol. The maximum absolute atomic E-state index is 13.6. The van der Waals surface area contributed by atoms with Crippen molar-refractivity contribution in [3.8, 4) is 0 Å². The van der Waals surface area contributed by atoms with Crippen molar-refractivity contribution in [2.24, 2.45) is 0 Å². The number of halogens is 2. The molecule has 0 aliphatic heterocycles. The molecule has 1 N–H and O–H groups in total. The molecule has 2 aromatic carbocycles. The number of rotatable bonds is 4. The van der Waals surface area contributed by atoms with Gasteiger partial charge in [0, 0.05) is 5.02 Å².